The number of nitrogens with zero attached hydrogens (tertiary/aromatic N) is 1. The van der Waals surface area contributed by atoms with Crippen molar-refractivity contribution in [2.75, 3.05) is 19.6 Å². The van der Waals surface area contributed by atoms with Crippen molar-refractivity contribution in [3.63, 3.8) is 0 Å². The highest BCUT2D eigenvalue weighted by atomic mass is 79.9. The third-order valence-electron chi connectivity index (χ3n) is 3.75. The Labute approximate surface area is 129 Å². The number of likely N-dealkylation sites (N-methyl/N-ethyl adjacent to an activating group) is 1. The Morgan fingerprint density at radius 3 is 2.89 bits per heavy atom. The van der Waals surface area contributed by atoms with Crippen LogP contribution >= 0.6 is 27.5 Å². The number of piperidine rings is 1. The number of hydrogen-bond acceptors (Lipinski definition) is 2. The molecule has 0 aliphatic carbocycles. The highest BCUT2D eigenvalue weighted by Crippen LogP contribution is 2.23. The number of halogens is 2. The van der Waals surface area contributed by atoms with Gasteiger partial charge in [0, 0.05) is 28.6 Å². The Balaban J connectivity index is 1.94. The SMILES string of the molecule is CCN(Cc1ccc(Br)cc1Cl)CC1CCCCN1. The van der Waals surface area contributed by atoms with Gasteiger partial charge >= 0.3 is 0 Å². The van der Waals surface area contributed by atoms with E-state index in [1.807, 2.05) is 6.07 Å². The maximum absolute atomic E-state index is 6.30. The van der Waals surface area contributed by atoms with E-state index >= 15 is 0 Å². The molecular weight excluding hydrogens is 324 g/mol. The molecule has 19 heavy (non-hydrogen) atoms. The highest BCUT2D eigenvalue weighted by Gasteiger charge is 2.16. The molecule has 1 aliphatic heterocycles. The van der Waals surface area contributed by atoms with Crippen LogP contribution in [-0.2, 0) is 6.54 Å². The van der Waals surface area contributed by atoms with Gasteiger partial charge in [-0.15, -0.1) is 0 Å². The molecule has 0 saturated carbocycles. The minimum absolute atomic E-state index is 0.642. The van der Waals surface area contributed by atoms with E-state index in [9.17, 15) is 0 Å². The van der Waals surface area contributed by atoms with Crippen molar-refractivity contribution in [1.82, 2.24) is 10.2 Å². The summed E-state index contributed by atoms with van der Waals surface area (Å²) in [5.74, 6) is 0. The lowest BCUT2D eigenvalue weighted by atomic mass is 10.0. The van der Waals surface area contributed by atoms with Crippen molar-refractivity contribution in [3.05, 3.63) is 33.3 Å². The van der Waals surface area contributed by atoms with E-state index in [0.717, 1.165) is 29.1 Å². The van der Waals surface area contributed by atoms with Gasteiger partial charge in [-0.1, -0.05) is 46.9 Å². The third-order valence-corrected chi connectivity index (χ3v) is 4.59. The first-order valence-electron chi connectivity index (χ1n) is 7.08. The van der Waals surface area contributed by atoms with E-state index in [4.69, 9.17) is 11.6 Å². The van der Waals surface area contributed by atoms with Crippen LogP contribution in [0.4, 0.5) is 0 Å². The Hall–Kier alpha value is -0.0900. The van der Waals surface area contributed by atoms with Crippen molar-refractivity contribution in [2.24, 2.45) is 0 Å². The van der Waals surface area contributed by atoms with Gasteiger partial charge in [0.2, 0.25) is 0 Å². The van der Waals surface area contributed by atoms with Crippen LogP contribution in [0.15, 0.2) is 22.7 Å². The summed E-state index contributed by atoms with van der Waals surface area (Å²) in [7, 11) is 0. The van der Waals surface area contributed by atoms with E-state index in [-0.39, 0.29) is 0 Å². The topological polar surface area (TPSA) is 15.3 Å². The first-order valence-corrected chi connectivity index (χ1v) is 8.26. The molecule has 1 aliphatic rings. The first kappa shape index (κ1) is 15.3. The van der Waals surface area contributed by atoms with E-state index in [1.54, 1.807) is 0 Å². The molecule has 1 aromatic rings. The summed E-state index contributed by atoms with van der Waals surface area (Å²) in [5.41, 5.74) is 1.21. The molecule has 0 amide bonds. The molecule has 1 saturated heterocycles. The van der Waals surface area contributed by atoms with Crippen molar-refractivity contribution in [1.29, 1.82) is 0 Å². The third kappa shape index (κ3) is 4.75. The van der Waals surface area contributed by atoms with Gasteiger partial charge in [0.1, 0.15) is 0 Å². The Kier molecular flexibility index (Phi) is 6.14. The monoisotopic (exact) mass is 344 g/mol. The van der Waals surface area contributed by atoms with Crippen molar-refractivity contribution >= 4 is 27.5 Å². The zero-order valence-corrected chi connectivity index (χ0v) is 13.8. The van der Waals surface area contributed by atoms with Gasteiger partial charge in [0.15, 0.2) is 0 Å². The molecule has 0 spiro atoms. The summed E-state index contributed by atoms with van der Waals surface area (Å²) < 4.78 is 1.04. The van der Waals surface area contributed by atoms with Crippen LogP contribution in [0, 0.1) is 0 Å². The second-order valence-corrected chi connectivity index (χ2v) is 6.53. The zero-order chi connectivity index (χ0) is 13.7. The van der Waals surface area contributed by atoms with Gasteiger partial charge < -0.3 is 5.32 Å². The molecule has 0 bridgehead atoms. The standard InChI is InChI=1S/C15H22BrClN2/c1-2-19(11-14-5-3-4-8-18-14)10-12-6-7-13(16)9-15(12)17/h6-7,9,14,18H,2-5,8,10-11H2,1H3. The normalized spacial score (nSPS) is 19.9. The molecule has 1 N–H and O–H groups in total. The van der Waals surface area contributed by atoms with Crippen LogP contribution in [0.3, 0.4) is 0 Å². The predicted octanol–water partition coefficient (Wildman–Crippen LogP) is 4.07. The quantitative estimate of drug-likeness (QED) is 0.865. The number of nitrogens with one attached hydrogen (secondary N) is 1. The minimum atomic E-state index is 0.642. The minimum Gasteiger partial charge on any atom is -0.313 e. The van der Waals surface area contributed by atoms with Gasteiger partial charge in [-0.2, -0.15) is 0 Å². The fourth-order valence-corrected chi connectivity index (χ4v) is 3.32. The fraction of sp³-hybridized carbons (Fsp3) is 0.600. The van der Waals surface area contributed by atoms with Crippen LogP contribution in [-0.4, -0.2) is 30.6 Å². The van der Waals surface area contributed by atoms with E-state index in [1.165, 1.54) is 31.4 Å². The van der Waals surface area contributed by atoms with Crippen molar-refractivity contribution < 1.29 is 0 Å². The Morgan fingerprint density at radius 1 is 1.42 bits per heavy atom. The molecule has 106 valence electrons. The summed E-state index contributed by atoms with van der Waals surface area (Å²) in [6, 6.07) is 6.80. The lowest BCUT2D eigenvalue weighted by Crippen LogP contribution is -2.43. The van der Waals surface area contributed by atoms with Crippen LogP contribution < -0.4 is 5.32 Å². The fourth-order valence-electron chi connectivity index (χ4n) is 2.59. The van der Waals surface area contributed by atoms with Crippen LogP contribution in [0.25, 0.3) is 0 Å². The number of hydrogen-bond donors (Lipinski definition) is 1. The molecular formula is C15H22BrClN2. The molecule has 1 aromatic carbocycles. The molecule has 0 radical (unpaired) electrons. The summed E-state index contributed by atoms with van der Waals surface area (Å²) in [6.45, 7) is 6.49. The Bertz CT molecular complexity index is 405. The van der Waals surface area contributed by atoms with Crippen LogP contribution in [0.5, 0.6) is 0 Å². The van der Waals surface area contributed by atoms with E-state index in [0.29, 0.717) is 6.04 Å². The average molecular weight is 346 g/mol. The first-order chi connectivity index (χ1) is 9.19. The lowest BCUT2D eigenvalue weighted by Gasteiger charge is -2.30. The molecule has 1 heterocycles. The molecule has 2 nitrogen and oxygen atoms in total. The van der Waals surface area contributed by atoms with E-state index in [2.05, 4.69) is 45.2 Å². The van der Waals surface area contributed by atoms with Crippen molar-refractivity contribution in [2.45, 2.75) is 38.8 Å². The smallest absolute Gasteiger partial charge is 0.0462 e. The number of benzene rings is 1. The number of rotatable bonds is 5. The lowest BCUT2D eigenvalue weighted by molar-refractivity contribution is 0.226. The summed E-state index contributed by atoms with van der Waals surface area (Å²) in [5, 5.41) is 4.46. The second-order valence-electron chi connectivity index (χ2n) is 5.21. The summed E-state index contributed by atoms with van der Waals surface area (Å²) in [4.78, 5) is 2.47. The maximum Gasteiger partial charge on any atom is 0.0462 e. The van der Waals surface area contributed by atoms with Gasteiger partial charge in [-0.3, -0.25) is 4.90 Å². The highest BCUT2D eigenvalue weighted by molar-refractivity contribution is 9.10. The van der Waals surface area contributed by atoms with Crippen LogP contribution in [0.2, 0.25) is 5.02 Å². The molecule has 1 unspecified atom stereocenters. The molecule has 0 aromatic heterocycles. The van der Waals surface area contributed by atoms with Gasteiger partial charge in [-0.25, -0.2) is 0 Å². The predicted molar refractivity (Wildman–Crippen MR) is 85.7 cm³/mol. The van der Waals surface area contributed by atoms with Gasteiger partial charge in [0.25, 0.3) is 0 Å². The molecule has 2 rings (SSSR count). The van der Waals surface area contributed by atoms with E-state index < -0.39 is 0 Å². The van der Waals surface area contributed by atoms with Crippen LogP contribution in [0.1, 0.15) is 31.7 Å². The molecule has 1 atom stereocenters. The Morgan fingerprint density at radius 2 is 2.26 bits per heavy atom. The second kappa shape index (κ2) is 7.63. The summed E-state index contributed by atoms with van der Waals surface area (Å²) in [6.07, 6.45) is 3.97. The van der Waals surface area contributed by atoms with Crippen molar-refractivity contribution in [3.8, 4) is 0 Å². The average Bonchev–Trinajstić information content (AvgIpc) is 2.42. The maximum atomic E-state index is 6.30. The largest absolute Gasteiger partial charge is 0.313 e. The summed E-state index contributed by atoms with van der Waals surface area (Å²) >= 11 is 9.75. The zero-order valence-electron chi connectivity index (χ0n) is 11.5. The molecule has 1 fully saturated rings. The van der Waals surface area contributed by atoms with Gasteiger partial charge in [-0.05, 0) is 43.6 Å². The van der Waals surface area contributed by atoms with Gasteiger partial charge in [0.05, 0.1) is 0 Å². The molecule has 4 heteroatoms.